The van der Waals surface area contributed by atoms with E-state index in [4.69, 9.17) is 11.6 Å². The molecule has 0 amide bonds. The predicted molar refractivity (Wildman–Crippen MR) is 77.0 cm³/mol. The molecular weight excluding hydrogens is 250 g/mol. The van der Waals surface area contributed by atoms with E-state index in [1.54, 1.807) is 11.3 Å². The van der Waals surface area contributed by atoms with Crippen LogP contribution in [0.1, 0.15) is 31.7 Å². The maximum Gasteiger partial charge on any atom is 0.0953 e. The number of fused-ring (bicyclic) bond motifs is 1. The highest BCUT2D eigenvalue weighted by Crippen LogP contribution is 2.24. The molecule has 0 saturated heterocycles. The normalized spacial score (nSPS) is 13.4. The van der Waals surface area contributed by atoms with Crippen molar-refractivity contribution in [2.75, 3.05) is 0 Å². The van der Waals surface area contributed by atoms with Crippen molar-refractivity contribution < 1.29 is 0 Å². The Morgan fingerprint density at radius 1 is 1.24 bits per heavy atom. The number of aromatic nitrogens is 1. The number of benzene rings is 1. The highest BCUT2D eigenvalue weighted by atomic mass is 35.5. The molecule has 0 radical (unpaired) electrons. The van der Waals surface area contributed by atoms with Crippen LogP contribution in [0.25, 0.3) is 10.2 Å². The van der Waals surface area contributed by atoms with Gasteiger partial charge in [0.2, 0.25) is 0 Å². The molecule has 1 aromatic heterocycles. The molecule has 3 heteroatoms. The van der Waals surface area contributed by atoms with E-state index < -0.39 is 0 Å². The number of nitrogens with zero attached hydrogens (tertiary/aromatic N) is 1. The van der Waals surface area contributed by atoms with Crippen LogP contribution in [0.15, 0.2) is 24.3 Å². The molecule has 0 bridgehead atoms. The minimum absolute atomic E-state index is 0.220. The Kier molecular flexibility index (Phi) is 4.41. The first-order chi connectivity index (χ1) is 8.15. The summed E-state index contributed by atoms with van der Waals surface area (Å²) in [6, 6.07) is 8.27. The van der Waals surface area contributed by atoms with Crippen LogP contribution in [0.2, 0.25) is 0 Å². The molecule has 1 unspecified atom stereocenters. The first-order valence-electron chi connectivity index (χ1n) is 6.13. The third-order valence-corrected chi connectivity index (χ3v) is 4.22. The molecule has 0 N–H and O–H groups in total. The third kappa shape index (κ3) is 3.68. The molecule has 0 aliphatic heterocycles. The Bertz CT molecular complexity index is 445. The van der Waals surface area contributed by atoms with Gasteiger partial charge in [0.05, 0.1) is 15.2 Å². The van der Waals surface area contributed by atoms with Gasteiger partial charge >= 0.3 is 0 Å². The van der Waals surface area contributed by atoms with E-state index in [1.807, 2.05) is 6.07 Å². The second-order valence-corrected chi connectivity index (χ2v) is 6.58. The number of para-hydroxylation sites is 1. The summed E-state index contributed by atoms with van der Waals surface area (Å²) in [6.45, 7) is 4.47. The van der Waals surface area contributed by atoms with Crippen molar-refractivity contribution in [1.82, 2.24) is 4.98 Å². The van der Waals surface area contributed by atoms with Crippen molar-refractivity contribution >= 4 is 33.2 Å². The molecule has 0 saturated carbocycles. The lowest BCUT2D eigenvalue weighted by Crippen LogP contribution is -2.04. The number of hydrogen-bond donors (Lipinski definition) is 0. The van der Waals surface area contributed by atoms with Gasteiger partial charge in [0.25, 0.3) is 0 Å². The average Bonchev–Trinajstić information content (AvgIpc) is 2.68. The van der Waals surface area contributed by atoms with E-state index in [2.05, 4.69) is 37.0 Å². The maximum atomic E-state index is 6.35. The topological polar surface area (TPSA) is 12.9 Å². The van der Waals surface area contributed by atoms with Gasteiger partial charge in [0.15, 0.2) is 0 Å². The average molecular weight is 268 g/mol. The monoisotopic (exact) mass is 267 g/mol. The van der Waals surface area contributed by atoms with Crippen LogP contribution in [0.3, 0.4) is 0 Å². The summed E-state index contributed by atoms with van der Waals surface area (Å²) in [5.74, 6) is 0.728. The zero-order valence-corrected chi connectivity index (χ0v) is 11.9. The molecule has 2 rings (SSSR count). The minimum atomic E-state index is 0.220. The van der Waals surface area contributed by atoms with Gasteiger partial charge in [0.1, 0.15) is 0 Å². The van der Waals surface area contributed by atoms with E-state index >= 15 is 0 Å². The van der Waals surface area contributed by atoms with Crippen molar-refractivity contribution in [2.24, 2.45) is 5.92 Å². The summed E-state index contributed by atoms with van der Waals surface area (Å²) in [6.07, 6.45) is 3.17. The fourth-order valence-electron chi connectivity index (χ4n) is 1.81. The van der Waals surface area contributed by atoms with Crippen LogP contribution in [-0.4, -0.2) is 10.4 Å². The second-order valence-electron chi connectivity index (χ2n) is 4.85. The number of halogens is 1. The molecule has 0 aliphatic rings. The largest absolute Gasteiger partial charge is 0.241 e. The van der Waals surface area contributed by atoms with Crippen LogP contribution in [0.5, 0.6) is 0 Å². The minimum Gasteiger partial charge on any atom is -0.241 e. The smallest absolute Gasteiger partial charge is 0.0953 e. The van der Waals surface area contributed by atoms with Crippen molar-refractivity contribution in [3.63, 3.8) is 0 Å². The highest BCUT2D eigenvalue weighted by Gasteiger charge is 2.10. The first-order valence-corrected chi connectivity index (χ1v) is 7.39. The Balaban J connectivity index is 1.98. The van der Waals surface area contributed by atoms with Crippen molar-refractivity contribution in [3.8, 4) is 0 Å². The lowest BCUT2D eigenvalue weighted by atomic mass is 10.1. The van der Waals surface area contributed by atoms with Crippen molar-refractivity contribution in [3.05, 3.63) is 29.3 Å². The zero-order chi connectivity index (χ0) is 12.3. The number of hydrogen-bond acceptors (Lipinski definition) is 2. The van der Waals surface area contributed by atoms with E-state index in [1.165, 1.54) is 11.1 Å². The van der Waals surface area contributed by atoms with Gasteiger partial charge in [-0.1, -0.05) is 26.0 Å². The molecule has 1 heterocycles. The van der Waals surface area contributed by atoms with E-state index in [0.29, 0.717) is 0 Å². The summed E-state index contributed by atoms with van der Waals surface area (Å²) < 4.78 is 1.26. The number of rotatable bonds is 5. The van der Waals surface area contributed by atoms with Crippen LogP contribution >= 0.6 is 22.9 Å². The Morgan fingerprint density at radius 3 is 2.71 bits per heavy atom. The number of alkyl halides is 1. The van der Waals surface area contributed by atoms with Crippen LogP contribution in [0, 0.1) is 5.92 Å². The summed E-state index contributed by atoms with van der Waals surface area (Å²) in [5.41, 5.74) is 1.10. The second kappa shape index (κ2) is 5.83. The summed E-state index contributed by atoms with van der Waals surface area (Å²) >= 11 is 8.12. The van der Waals surface area contributed by atoms with E-state index in [0.717, 1.165) is 29.3 Å². The van der Waals surface area contributed by atoms with Gasteiger partial charge in [-0.25, -0.2) is 4.98 Å². The van der Waals surface area contributed by atoms with Gasteiger partial charge in [-0.15, -0.1) is 22.9 Å². The Morgan fingerprint density at radius 2 is 2.00 bits per heavy atom. The molecule has 0 fully saturated rings. The standard InChI is InChI=1S/C14H18ClNS/c1-10(2)7-8-11(15)9-14-16-12-5-3-4-6-13(12)17-14/h3-6,10-11H,7-9H2,1-2H3. The van der Waals surface area contributed by atoms with E-state index in [9.17, 15) is 0 Å². The number of thiazole rings is 1. The molecule has 1 nitrogen and oxygen atoms in total. The zero-order valence-electron chi connectivity index (χ0n) is 10.3. The third-order valence-electron chi connectivity index (χ3n) is 2.79. The highest BCUT2D eigenvalue weighted by molar-refractivity contribution is 7.18. The van der Waals surface area contributed by atoms with Crippen molar-refractivity contribution in [2.45, 2.75) is 38.5 Å². The molecule has 2 aromatic rings. The van der Waals surface area contributed by atoms with E-state index in [-0.39, 0.29) is 5.38 Å². The molecule has 92 valence electrons. The summed E-state index contributed by atoms with van der Waals surface area (Å²) in [7, 11) is 0. The lowest BCUT2D eigenvalue weighted by Gasteiger charge is -2.08. The molecule has 0 spiro atoms. The van der Waals surface area contributed by atoms with Gasteiger partial charge in [-0.05, 0) is 30.9 Å². The van der Waals surface area contributed by atoms with Crippen molar-refractivity contribution in [1.29, 1.82) is 0 Å². The van der Waals surface area contributed by atoms with Gasteiger partial charge in [0, 0.05) is 11.8 Å². The lowest BCUT2D eigenvalue weighted by molar-refractivity contribution is 0.541. The quantitative estimate of drug-likeness (QED) is 0.704. The molecule has 0 aliphatic carbocycles. The Labute approximate surface area is 112 Å². The molecule has 1 atom stereocenters. The van der Waals surface area contributed by atoms with Gasteiger partial charge in [-0.2, -0.15) is 0 Å². The summed E-state index contributed by atoms with van der Waals surface area (Å²) in [4.78, 5) is 4.61. The van der Waals surface area contributed by atoms with Crippen LogP contribution < -0.4 is 0 Å². The molecular formula is C14H18ClNS. The molecule has 1 aromatic carbocycles. The first kappa shape index (κ1) is 12.8. The SMILES string of the molecule is CC(C)CCC(Cl)Cc1nc2ccccc2s1. The maximum absolute atomic E-state index is 6.35. The predicted octanol–water partition coefficient (Wildman–Crippen LogP) is 4.88. The van der Waals surface area contributed by atoms with Crippen LogP contribution in [0.4, 0.5) is 0 Å². The van der Waals surface area contributed by atoms with Crippen LogP contribution in [-0.2, 0) is 6.42 Å². The fourth-order valence-corrected chi connectivity index (χ4v) is 3.22. The summed E-state index contributed by atoms with van der Waals surface area (Å²) in [5, 5.41) is 1.38. The van der Waals surface area contributed by atoms with Gasteiger partial charge < -0.3 is 0 Å². The fraction of sp³-hybridized carbons (Fsp3) is 0.500. The Hall–Kier alpha value is -0.600. The molecule has 17 heavy (non-hydrogen) atoms. The van der Waals surface area contributed by atoms with Gasteiger partial charge in [-0.3, -0.25) is 0 Å².